The van der Waals surface area contributed by atoms with Crippen LogP contribution in [0.3, 0.4) is 0 Å². The molecule has 0 radical (unpaired) electrons. The van der Waals surface area contributed by atoms with Gasteiger partial charge in [-0.1, -0.05) is 49.6 Å². The fourth-order valence-electron chi connectivity index (χ4n) is 2.78. The zero-order valence-electron chi connectivity index (χ0n) is 10.9. The Bertz CT molecular complexity index is 501. The molecular weight excluding hydrogens is 258 g/mol. The van der Waals surface area contributed by atoms with E-state index in [-0.39, 0.29) is 6.10 Å². The van der Waals surface area contributed by atoms with Crippen molar-refractivity contribution in [2.24, 2.45) is 5.92 Å². The molecule has 3 nitrogen and oxygen atoms in total. The van der Waals surface area contributed by atoms with Crippen LogP contribution in [0.1, 0.15) is 32.1 Å². The normalized spacial score (nSPS) is 18.2. The number of aromatic nitrogens is 1. The smallest absolute Gasteiger partial charge is 0.256 e. The molecule has 1 aromatic carbocycles. The van der Waals surface area contributed by atoms with E-state index in [1.165, 1.54) is 37.4 Å². The first kappa shape index (κ1) is 13.0. The predicted molar refractivity (Wildman–Crippen MR) is 77.3 cm³/mol. The number of aliphatic hydroxyl groups is 1. The number of benzene rings is 1. The number of aliphatic hydroxyl groups excluding tert-OH is 1. The second-order valence-electron chi connectivity index (χ2n) is 5.30. The molecule has 0 aliphatic heterocycles. The van der Waals surface area contributed by atoms with Gasteiger partial charge in [0.15, 0.2) is 5.58 Å². The molecular formula is C15H19NO2S. The van der Waals surface area contributed by atoms with E-state index in [0.717, 1.165) is 23.4 Å². The first-order chi connectivity index (χ1) is 9.31. The molecule has 1 atom stereocenters. The van der Waals surface area contributed by atoms with E-state index in [0.29, 0.717) is 11.0 Å². The highest BCUT2D eigenvalue weighted by molar-refractivity contribution is 7.99. The maximum absolute atomic E-state index is 10.1. The van der Waals surface area contributed by atoms with Crippen molar-refractivity contribution in [2.75, 3.05) is 5.75 Å². The molecule has 0 spiro atoms. The van der Waals surface area contributed by atoms with Crippen LogP contribution in [0.25, 0.3) is 11.1 Å². The van der Waals surface area contributed by atoms with Gasteiger partial charge in [0.1, 0.15) is 5.52 Å². The number of thioether (sulfide) groups is 1. The average molecular weight is 277 g/mol. The molecule has 102 valence electrons. The zero-order chi connectivity index (χ0) is 13.1. The largest absolute Gasteiger partial charge is 0.431 e. The van der Waals surface area contributed by atoms with E-state index < -0.39 is 0 Å². The number of oxazole rings is 1. The van der Waals surface area contributed by atoms with Crippen molar-refractivity contribution in [3.05, 3.63) is 24.3 Å². The summed E-state index contributed by atoms with van der Waals surface area (Å²) >= 11 is 1.51. The summed E-state index contributed by atoms with van der Waals surface area (Å²) < 4.78 is 5.63. The minimum Gasteiger partial charge on any atom is -0.431 e. The molecule has 2 aromatic rings. The Balaban J connectivity index is 1.53. The summed E-state index contributed by atoms with van der Waals surface area (Å²) in [5.41, 5.74) is 1.70. The van der Waals surface area contributed by atoms with Gasteiger partial charge < -0.3 is 9.52 Å². The lowest BCUT2D eigenvalue weighted by molar-refractivity contribution is 0.165. The summed E-state index contributed by atoms with van der Waals surface area (Å²) in [6.45, 7) is 0. The Morgan fingerprint density at radius 1 is 1.32 bits per heavy atom. The lowest BCUT2D eigenvalue weighted by atomic mass is 10.0. The number of hydrogen-bond acceptors (Lipinski definition) is 4. The van der Waals surface area contributed by atoms with Crippen LogP contribution >= 0.6 is 11.8 Å². The third-order valence-corrected chi connectivity index (χ3v) is 4.73. The standard InChI is InChI=1S/C15H19NO2S/c17-12(9-11-5-1-2-6-11)10-19-15-16-13-7-3-4-8-14(13)18-15/h3-4,7-8,11-12,17H,1-2,5-6,9-10H2. The lowest BCUT2D eigenvalue weighted by Gasteiger charge is -2.13. The van der Waals surface area contributed by atoms with Gasteiger partial charge in [-0.05, 0) is 24.5 Å². The van der Waals surface area contributed by atoms with Gasteiger partial charge in [-0.3, -0.25) is 0 Å². The topological polar surface area (TPSA) is 46.3 Å². The van der Waals surface area contributed by atoms with Crippen molar-refractivity contribution in [1.82, 2.24) is 4.98 Å². The highest BCUT2D eigenvalue weighted by atomic mass is 32.2. The Hall–Kier alpha value is -1.00. The van der Waals surface area contributed by atoms with Gasteiger partial charge in [0, 0.05) is 5.75 Å². The average Bonchev–Trinajstić information content (AvgIpc) is 3.04. The first-order valence-corrected chi connectivity index (χ1v) is 7.96. The molecule has 1 unspecified atom stereocenters. The highest BCUT2D eigenvalue weighted by Gasteiger charge is 2.19. The number of rotatable bonds is 5. The molecule has 1 saturated carbocycles. The van der Waals surface area contributed by atoms with Crippen LogP contribution in [0.4, 0.5) is 0 Å². The van der Waals surface area contributed by atoms with Crippen molar-refractivity contribution in [1.29, 1.82) is 0 Å². The van der Waals surface area contributed by atoms with E-state index in [1.54, 1.807) is 0 Å². The molecule has 1 heterocycles. The van der Waals surface area contributed by atoms with Crippen molar-refractivity contribution in [3.8, 4) is 0 Å². The van der Waals surface area contributed by atoms with Gasteiger partial charge in [-0.2, -0.15) is 0 Å². The molecule has 1 aliphatic carbocycles. The molecule has 19 heavy (non-hydrogen) atoms. The summed E-state index contributed by atoms with van der Waals surface area (Å²) in [7, 11) is 0. The maximum Gasteiger partial charge on any atom is 0.256 e. The van der Waals surface area contributed by atoms with E-state index in [4.69, 9.17) is 4.42 Å². The summed E-state index contributed by atoms with van der Waals surface area (Å²) in [4.78, 5) is 4.40. The minimum atomic E-state index is -0.247. The van der Waals surface area contributed by atoms with E-state index >= 15 is 0 Å². The number of nitrogens with zero attached hydrogens (tertiary/aromatic N) is 1. The molecule has 1 N–H and O–H groups in total. The first-order valence-electron chi connectivity index (χ1n) is 6.98. The third-order valence-electron chi connectivity index (χ3n) is 3.75. The second kappa shape index (κ2) is 5.97. The molecule has 1 aliphatic rings. The molecule has 1 fully saturated rings. The number of fused-ring (bicyclic) bond motifs is 1. The molecule has 1 aromatic heterocycles. The highest BCUT2D eigenvalue weighted by Crippen LogP contribution is 2.30. The number of hydrogen-bond donors (Lipinski definition) is 1. The zero-order valence-corrected chi connectivity index (χ0v) is 11.7. The SMILES string of the molecule is OC(CSc1nc2ccccc2o1)CC1CCCC1. The van der Waals surface area contributed by atoms with Gasteiger partial charge in [-0.25, -0.2) is 4.98 Å². The second-order valence-corrected chi connectivity index (χ2v) is 6.27. The number of para-hydroxylation sites is 2. The fraction of sp³-hybridized carbons (Fsp3) is 0.533. The lowest BCUT2D eigenvalue weighted by Crippen LogP contribution is -2.14. The van der Waals surface area contributed by atoms with E-state index in [1.807, 2.05) is 24.3 Å². The molecule has 0 amide bonds. The van der Waals surface area contributed by atoms with Crippen molar-refractivity contribution >= 4 is 22.9 Å². The van der Waals surface area contributed by atoms with Gasteiger partial charge in [0.25, 0.3) is 5.22 Å². The van der Waals surface area contributed by atoms with Crippen LogP contribution in [-0.2, 0) is 0 Å². The molecule has 3 rings (SSSR count). The third kappa shape index (κ3) is 3.31. The Morgan fingerprint density at radius 3 is 2.89 bits per heavy atom. The molecule has 0 bridgehead atoms. The summed E-state index contributed by atoms with van der Waals surface area (Å²) in [6.07, 6.45) is 5.90. The molecule has 4 heteroatoms. The Kier molecular flexibility index (Phi) is 4.09. The van der Waals surface area contributed by atoms with E-state index in [9.17, 15) is 5.11 Å². The van der Waals surface area contributed by atoms with Gasteiger partial charge in [-0.15, -0.1) is 0 Å². The van der Waals surface area contributed by atoms with Gasteiger partial charge in [0.2, 0.25) is 0 Å². The van der Waals surface area contributed by atoms with Crippen molar-refractivity contribution in [2.45, 2.75) is 43.4 Å². The van der Waals surface area contributed by atoms with Crippen molar-refractivity contribution in [3.63, 3.8) is 0 Å². The van der Waals surface area contributed by atoms with Crippen LogP contribution in [0.2, 0.25) is 0 Å². The molecule has 0 saturated heterocycles. The van der Waals surface area contributed by atoms with Crippen molar-refractivity contribution < 1.29 is 9.52 Å². The van der Waals surface area contributed by atoms with Crippen LogP contribution in [0, 0.1) is 5.92 Å². The summed E-state index contributed by atoms with van der Waals surface area (Å²) in [6, 6.07) is 7.75. The van der Waals surface area contributed by atoms with Crippen LogP contribution < -0.4 is 0 Å². The maximum atomic E-state index is 10.1. The van der Waals surface area contributed by atoms with Crippen LogP contribution in [-0.4, -0.2) is 21.9 Å². The van der Waals surface area contributed by atoms with E-state index in [2.05, 4.69) is 4.98 Å². The predicted octanol–water partition coefficient (Wildman–Crippen LogP) is 3.86. The van der Waals surface area contributed by atoms with Crippen LogP contribution in [0.15, 0.2) is 33.9 Å². The monoisotopic (exact) mass is 277 g/mol. The Morgan fingerprint density at radius 2 is 2.11 bits per heavy atom. The van der Waals surface area contributed by atoms with Crippen LogP contribution in [0.5, 0.6) is 0 Å². The summed E-state index contributed by atoms with van der Waals surface area (Å²) in [5.74, 6) is 1.39. The van der Waals surface area contributed by atoms with Gasteiger partial charge in [0.05, 0.1) is 6.10 Å². The van der Waals surface area contributed by atoms with Gasteiger partial charge >= 0.3 is 0 Å². The minimum absolute atomic E-state index is 0.247. The fourth-order valence-corrected chi connectivity index (χ4v) is 3.56. The quantitative estimate of drug-likeness (QED) is 0.843. The summed E-state index contributed by atoms with van der Waals surface area (Å²) in [5, 5.41) is 10.7. The Labute approximate surface area is 117 Å².